The van der Waals surface area contributed by atoms with E-state index in [1.165, 1.54) is 18.2 Å². The molecule has 0 aliphatic carbocycles. The second-order valence-electron chi connectivity index (χ2n) is 6.07. The molecule has 0 amide bonds. The van der Waals surface area contributed by atoms with E-state index in [0.717, 1.165) is 22.3 Å². The average molecular weight is 353 g/mol. The Labute approximate surface area is 154 Å². The Hall–Kier alpha value is -2.80. The van der Waals surface area contributed by atoms with Gasteiger partial charge in [-0.2, -0.15) is 5.26 Å². The van der Waals surface area contributed by atoms with E-state index in [1.54, 1.807) is 18.2 Å². The van der Waals surface area contributed by atoms with Crippen LogP contribution >= 0.6 is 0 Å². The van der Waals surface area contributed by atoms with Gasteiger partial charge in [0.2, 0.25) is 0 Å². The number of allylic oxidation sites excluding steroid dienone is 1. The minimum Gasteiger partial charge on any atom is -0.490 e. The number of ether oxygens (including phenoxy) is 2. The summed E-state index contributed by atoms with van der Waals surface area (Å²) in [6.45, 7) is 8.98. The van der Waals surface area contributed by atoms with E-state index in [1.807, 2.05) is 26.0 Å². The lowest BCUT2D eigenvalue weighted by Crippen LogP contribution is -2.05. The van der Waals surface area contributed by atoms with Crippen LogP contribution in [0.5, 0.6) is 11.5 Å². The van der Waals surface area contributed by atoms with Gasteiger partial charge in [0.15, 0.2) is 11.5 Å². The molecule has 0 spiro atoms. The zero-order valence-corrected chi connectivity index (χ0v) is 15.7. The first-order valence-electron chi connectivity index (χ1n) is 8.82. The normalized spacial score (nSPS) is 11.0. The average Bonchev–Trinajstić information content (AvgIpc) is 2.62. The van der Waals surface area contributed by atoms with Gasteiger partial charge in [-0.3, -0.25) is 0 Å². The standard InChI is InChI=1S/C22H24FNO2/c1-5-25-20-14-19(15(3)4)18(8-7-13-24)21(22(20)26-6-2)16-9-11-17(23)12-10-16/h7-12,14-15H,5-6H2,1-4H3/b8-7+. The maximum Gasteiger partial charge on any atom is 0.169 e. The van der Waals surface area contributed by atoms with Gasteiger partial charge in [0, 0.05) is 11.6 Å². The van der Waals surface area contributed by atoms with Gasteiger partial charge in [-0.15, -0.1) is 0 Å². The van der Waals surface area contributed by atoms with Gasteiger partial charge in [0.25, 0.3) is 0 Å². The van der Waals surface area contributed by atoms with Crippen molar-refractivity contribution in [1.29, 1.82) is 5.26 Å². The van der Waals surface area contributed by atoms with Crippen molar-refractivity contribution in [1.82, 2.24) is 0 Å². The molecule has 0 aliphatic heterocycles. The first-order valence-corrected chi connectivity index (χ1v) is 8.82. The van der Waals surface area contributed by atoms with Crippen LogP contribution in [-0.4, -0.2) is 13.2 Å². The van der Waals surface area contributed by atoms with Crippen molar-refractivity contribution >= 4 is 6.08 Å². The summed E-state index contributed by atoms with van der Waals surface area (Å²) < 4.78 is 25.2. The van der Waals surface area contributed by atoms with Crippen LogP contribution < -0.4 is 9.47 Å². The Morgan fingerprint density at radius 1 is 1.12 bits per heavy atom. The third-order valence-electron chi connectivity index (χ3n) is 3.99. The Morgan fingerprint density at radius 3 is 2.31 bits per heavy atom. The van der Waals surface area contributed by atoms with Gasteiger partial charge in [-0.05, 0) is 60.7 Å². The molecule has 26 heavy (non-hydrogen) atoms. The highest BCUT2D eigenvalue weighted by Crippen LogP contribution is 2.45. The Balaban J connectivity index is 2.89. The van der Waals surface area contributed by atoms with Gasteiger partial charge < -0.3 is 9.47 Å². The predicted octanol–water partition coefficient (Wildman–Crippen LogP) is 5.95. The third-order valence-corrected chi connectivity index (χ3v) is 3.99. The van der Waals surface area contributed by atoms with E-state index < -0.39 is 0 Å². The molecule has 2 aromatic rings. The molecule has 0 fully saturated rings. The van der Waals surface area contributed by atoms with Gasteiger partial charge in [0.05, 0.1) is 19.3 Å². The smallest absolute Gasteiger partial charge is 0.169 e. The van der Waals surface area contributed by atoms with Crippen LogP contribution in [0.3, 0.4) is 0 Å². The number of rotatable bonds is 7. The largest absolute Gasteiger partial charge is 0.490 e. The lowest BCUT2D eigenvalue weighted by Gasteiger charge is -2.22. The Bertz CT molecular complexity index is 818. The zero-order valence-electron chi connectivity index (χ0n) is 15.7. The molecule has 2 rings (SSSR count). The van der Waals surface area contributed by atoms with Gasteiger partial charge in [-0.1, -0.05) is 26.0 Å². The summed E-state index contributed by atoms with van der Waals surface area (Å²) in [5, 5.41) is 9.02. The van der Waals surface area contributed by atoms with Crippen molar-refractivity contribution < 1.29 is 13.9 Å². The molecule has 0 aliphatic rings. The fraction of sp³-hybridized carbons (Fsp3) is 0.318. The van der Waals surface area contributed by atoms with Crippen molar-refractivity contribution in [3.63, 3.8) is 0 Å². The van der Waals surface area contributed by atoms with Crippen molar-refractivity contribution in [3.05, 3.63) is 53.4 Å². The van der Waals surface area contributed by atoms with Crippen LogP contribution in [0.25, 0.3) is 17.2 Å². The molecule has 0 aromatic heterocycles. The number of halogens is 1. The highest BCUT2D eigenvalue weighted by atomic mass is 19.1. The number of hydrogen-bond acceptors (Lipinski definition) is 3. The van der Waals surface area contributed by atoms with Crippen LogP contribution in [-0.2, 0) is 0 Å². The van der Waals surface area contributed by atoms with E-state index in [9.17, 15) is 4.39 Å². The highest BCUT2D eigenvalue weighted by molar-refractivity contribution is 5.85. The molecule has 0 saturated heterocycles. The molecule has 0 radical (unpaired) electrons. The van der Waals surface area contributed by atoms with Crippen molar-refractivity contribution in [2.45, 2.75) is 33.6 Å². The fourth-order valence-corrected chi connectivity index (χ4v) is 2.91. The van der Waals surface area contributed by atoms with Gasteiger partial charge in [0.1, 0.15) is 5.82 Å². The Kier molecular flexibility index (Phi) is 6.80. The molecular weight excluding hydrogens is 329 g/mol. The summed E-state index contributed by atoms with van der Waals surface area (Å²) in [5.41, 5.74) is 3.56. The molecule has 0 bridgehead atoms. The van der Waals surface area contributed by atoms with E-state index in [4.69, 9.17) is 14.7 Å². The molecule has 0 N–H and O–H groups in total. The van der Waals surface area contributed by atoms with Gasteiger partial charge in [-0.25, -0.2) is 4.39 Å². The maximum atomic E-state index is 13.4. The molecule has 0 unspecified atom stereocenters. The second-order valence-corrected chi connectivity index (χ2v) is 6.07. The lowest BCUT2D eigenvalue weighted by molar-refractivity contribution is 0.288. The zero-order chi connectivity index (χ0) is 19.1. The molecule has 0 saturated carbocycles. The molecule has 136 valence electrons. The molecule has 0 heterocycles. The van der Waals surface area contributed by atoms with Crippen molar-refractivity contribution in [2.24, 2.45) is 0 Å². The minimum atomic E-state index is -0.300. The first-order chi connectivity index (χ1) is 12.5. The lowest BCUT2D eigenvalue weighted by atomic mass is 9.88. The van der Waals surface area contributed by atoms with Gasteiger partial charge >= 0.3 is 0 Å². The van der Waals surface area contributed by atoms with Crippen LogP contribution in [0.4, 0.5) is 4.39 Å². The summed E-state index contributed by atoms with van der Waals surface area (Å²) in [4.78, 5) is 0. The summed E-state index contributed by atoms with van der Waals surface area (Å²) in [6.07, 6.45) is 3.23. The highest BCUT2D eigenvalue weighted by Gasteiger charge is 2.21. The van der Waals surface area contributed by atoms with Crippen LogP contribution in [0.15, 0.2) is 36.4 Å². The molecule has 0 atom stereocenters. The molecule has 2 aromatic carbocycles. The minimum absolute atomic E-state index is 0.211. The first kappa shape index (κ1) is 19.5. The van der Waals surface area contributed by atoms with E-state index in [2.05, 4.69) is 13.8 Å². The number of hydrogen-bond donors (Lipinski definition) is 0. The predicted molar refractivity (Wildman–Crippen MR) is 103 cm³/mol. The number of nitriles is 1. The topological polar surface area (TPSA) is 42.2 Å². The van der Waals surface area contributed by atoms with Crippen molar-refractivity contribution in [3.8, 4) is 28.7 Å². The molecule has 3 nitrogen and oxygen atoms in total. The monoisotopic (exact) mass is 353 g/mol. The summed E-state index contributed by atoms with van der Waals surface area (Å²) in [5.74, 6) is 1.18. The second kappa shape index (κ2) is 9.05. The Morgan fingerprint density at radius 2 is 1.77 bits per heavy atom. The summed E-state index contributed by atoms with van der Waals surface area (Å²) >= 11 is 0. The summed E-state index contributed by atoms with van der Waals surface area (Å²) in [7, 11) is 0. The van der Waals surface area contributed by atoms with Crippen LogP contribution in [0, 0.1) is 17.1 Å². The van der Waals surface area contributed by atoms with E-state index in [-0.39, 0.29) is 11.7 Å². The van der Waals surface area contributed by atoms with E-state index >= 15 is 0 Å². The fourth-order valence-electron chi connectivity index (χ4n) is 2.91. The third kappa shape index (κ3) is 4.23. The number of nitrogens with zero attached hydrogens (tertiary/aromatic N) is 1. The number of benzene rings is 2. The van der Waals surface area contributed by atoms with Crippen molar-refractivity contribution in [2.75, 3.05) is 13.2 Å². The summed E-state index contributed by atoms with van der Waals surface area (Å²) in [6, 6.07) is 10.3. The van der Waals surface area contributed by atoms with Crippen LogP contribution in [0.2, 0.25) is 0 Å². The maximum absolute atomic E-state index is 13.4. The molecule has 4 heteroatoms. The SMILES string of the molecule is CCOc1cc(C(C)C)c(/C=C/C#N)c(-c2ccc(F)cc2)c1OCC. The van der Waals surface area contributed by atoms with Crippen LogP contribution in [0.1, 0.15) is 44.7 Å². The quantitative estimate of drug-likeness (QED) is 0.578. The molecular formula is C22H24FNO2. The van der Waals surface area contributed by atoms with E-state index in [0.29, 0.717) is 24.7 Å².